The van der Waals surface area contributed by atoms with Crippen molar-refractivity contribution >= 4 is 17.5 Å². The molecule has 0 fully saturated rings. The summed E-state index contributed by atoms with van der Waals surface area (Å²) in [6.07, 6.45) is 0. The van der Waals surface area contributed by atoms with E-state index in [1.165, 1.54) is 0 Å². The van der Waals surface area contributed by atoms with Crippen LogP contribution in [-0.4, -0.2) is 24.4 Å². The van der Waals surface area contributed by atoms with Crippen molar-refractivity contribution in [3.63, 3.8) is 0 Å². The molecule has 0 radical (unpaired) electrons. The zero-order chi connectivity index (χ0) is 12.2. The van der Waals surface area contributed by atoms with E-state index in [-0.39, 0.29) is 5.91 Å². The van der Waals surface area contributed by atoms with Crippen LogP contribution >= 0.6 is 11.6 Å². The Morgan fingerprint density at radius 2 is 1.94 bits per heavy atom. The van der Waals surface area contributed by atoms with Gasteiger partial charge in [-0.25, -0.2) is 0 Å². The average Bonchev–Trinajstić information content (AvgIpc) is 2.28. The smallest absolute Gasteiger partial charge is 0.251 e. The Labute approximate surface area is 101 Å². The first kappa shape index (κ1) is 12.8. The normalized spacial score (nSPS) is 11.0. The van der Waals surface area contributed by atoms with Gasteiger partial charge in [0.1, 0.15) is 5.75 Å². The standard InChI is InChI=1S/C12H16ClNO2/c1-12(2,8-13)14-11(15)9-4-6-10(16-3)7-5-9/h4-7H,8H2,1-3H3,(H,14,15). The summed E-state index contributed by atoms with van der Waals surface area (Å²) in [5.74, 6) is 0.969. The maximum absolute atomic E-state index is 11.8. The van der Waals surface area contributed by atoms with Crippen molar-refractivity contribution in [2.75, 3.05) is 13.0 Å². The second kappa shape index (κ2) is 5.21. The molecule has 1 rings (SSSR count). The molecule has 0 aliphatic rings. The SMILES string of the molecule is COc1ccc(C(=O)NC(C)(C)CCl)cc1. The largest absolute Gasteiger partial charge is 0.497 e. The summed E-state index contributed by atoms with van der Waals surface area (Å²) in [4.78, 5) is 11.8. The molecule has 88 valence electrons. The summed E-state index contributed by atoms with van der Waals surface area (Å²) in [6.45, 7) is 3.75. The number of halogens is 1. The van der Waals surface area contributed by atoms with E-state index < -0.39 is 5.54 Å². The van der Waals surface area contributed by atoms with Crippen molar-refractivity contribution in [2.24, 2.45) is 0 Å². The molecule has 0 bridgehead atoms. The zero-order valence-electron chi connectivity index (χ0n) is 9.71. The first-order valence-corrected chi connectivity index (χ1v) is 5.54. The molecule has 0 heterocycles. The van der Waals surface area contributed by atoms with Crippen molar-refractivity contribution in [1.82, 2.24) is 5.32 Å². The van der Waals surface area contributed by atoms with E-state index >= 15 is 0 Å². The van der Waals surface area contributed by atoms with Gasteiger partial charge in [0.15, 0.2) is 0 Å². The minimum absolute atomic E-state index is 0.131. The lowest BCUT2D eigenvalue weighted by Crippen LogP contribution is -2.44. The number of amides is 1. The maximum atomic E-state index is 11.8. The van der Waals surface area contributed by atoms with Gasteiger partial charge in [0.2, 0.25) is 0 Å². The van der Waals surface area contributed by atoms with Gasteiger partial charge in [-0.05, 0) is 38.1 Å². The summed E-state index contributed by atoms with van der Waals surface area (Å²) < 4.78 is 5.02. The van der Waals surface area contributed by atoms with Crippen molar-refractivity contribution in [3.05, 3.63) is 29.8 Å². The van der Waals surface area contributed by atoms with Crippen LogP contribution in [0.4, 0.5) is 0 Å². The molecule has 3 nitrogen and oxygen atoms in total. The van der Waals surface area contributed by atoms with Gasteiger partial charge < -0.3 is 10.1 Å². The molecule has 1 N–H and O–H groups in total. The quantitative estimate of drug-likeness (QED) is 0.823. The van der Waals surface area contributed by atoms with Gasteiger partial charge in [-0.2, -0.15) is 0 Å². The van der Waals surface area contributed by atoms with Crippen LogP contribution in [0.15, 0.2) is 24.3 Å². The van der Waals surface area contributed by atoms with Gasteiger partial charge in [-0.1, -0.05) is 0 Å². The predicted molar refractivity (Wildman–Crippen MR) is 65.3 cm³/mol. The minimum atomic E-state index is -0.404. The van der Waals surface area contributed by atoms with Gasteiger partial charge in [-0.3, -0.25) is 4.79 Å². The van der Waals surface area contributed by atoms with E-state index in [4.69, 9.17) is 16.3 Å². The fraction of sp³-hybridized carbons (Fsp3) is 0.417. The number of carbonyl (C=O) groups is 1. The van der Waals surface area contributed by atoms with Crippen molar-refractivity contribution < 1.29 is 9.53 Å². The third-order valence-electron chi connectivity index (χ3n) is 2.14. The lowest BCUT2D eigenvalue weighted by molar-refractivity contribution is 0.0920. The number of methoxy groups -OCH3 is 1. The van der Waals surface area contributed by atoms with Gasteiger partial charge in [0.05, 0.1) is 7.11 Å². The fourth-order valence-electron chi connectivity index (χ4n) is 1.16. The number of ether oxygens (including phenoxy) is 1. The third kappa shape index (κ3) is 3.42. The second-order valence-electron chi connectivity index (χ2n) is 4.20. The average molecular weight is 242 g/mol. The van der Waals surface area contributed by atoms with E-state index in [0.29, 0.717) is 11.4 Å². The van der Waals surface area contributed by atoms with Crippen LogP contribution in [0.3, 0.4) is 0 Å². The number of carbonyl (C=O) groups excluding carboxylic acids is 1. The van der Waals surface area contributed by atoms with Crippen LogP contribution < -0.4 is 10.1 Å². The Balaban J connectivity index is 2.73. The summed E-state index contributed by atoms with van der Waals surface area (Å²) in [6, 6.07) is 6.95. The highest BCUT2D eigenvalue weighted by molar-refractivity contribution is 6.18. The fourth-order valence-corrected chi connectivity index (χ4v) is 1.22. The minimum Gasteiger partial charge on any atom is -0.497 e. The van der Waals surface area contributed by atoms with E-state index in [1.807, 2.05) is 13.8 Å². The molecule has 0 spiro atoms. The molecule has 0 unspecified atom stereocenters. The molecule has 0 saturated heterocycles. The third-order valence-corrected chi connectivity index (χ3v) is 2.81. The number of rotatable bonds is 4. The summed E-state index contributed by atoms with van der Waals surface area (Å²) in [7, 11) is 1.59. The van der Waals surface area contributed by atoms with Crippen LogP contribution in [0.25, 0.3) is 0 Å². The Bertz CT molecular complexity index is 360. The first-order chi connectivity index (χ1) is 7.48. The Morgan fingerprint density at radius 1 is 1.38 bits per heavy atom. The Kier molecular flexibility index (Phi) is 4.19. The number of alkyl halides is 1. The highest BCUT2D eigenvalue weighted by Crippen LogP contribution is 2.12. The summed E-state index contributed by atoms with van der Waals surface area (Å²) in [5.41, 5.74) is 0.192. The monoisotopic (exact) mass is 241 g/mol. The predicted octanol–water partition coefficient (Wildman–Crippen LogP) is 2.44. The maximum Gasteiger partial charge on any atom is 0.251 e. The molecule has 1 amide bonds. The van der Waals surface area contributed by atoms with Gasteiger partial charge in [0, 0.05) is 17.0 Å². The zero-order valence-corrected chi connectivity index (χ0v) is 10.5. The second-order valence-corrected chi connectivity index (χ2v) is 4.47. The highest BCUT2D eigenvalue weighted by atomic mass is 35.5. The van der Waals surface area contributed by atoms with Crippen LogP contribution in [0, 0.1) is 0 Å². The molecule has 0 aromatic heterocycles. The molecular formula is C12H16ClNO2. The Morgan fingerprint density at radius 3 is 2.38 bits per heavy atom. The van der Waals surface area contributed by atoms with E-state index in [1.54, 1.807) is 31.4 Å². The first-order valence-electron chi connectivity index (χ1n) is 5.01. The molecular weight excluding hydrogens is 226 g/mol. The van der Waals surface area contributed by atoms with Crippen LogP contribution in [-0.2, 0) is 0 Å². The topological polar surface area (TPSA) is 38.3 Å². The molecule has 1 aromatic carbocycles. The number of nitrogens with one attached hydrogen (secondary N) is 1. The van der Waals surface area contributed by atoms with E-state index in [0.717, 1.165) is 5.75 Å². The lowest BCUT2D eigenvalue weighted by atomic mass is 10.1. The number of benzene rings is 1. The van der Waals surface area contributed by atoms with E-state index in [9.17, 15) is 4.79 Å². The van der Waals surface area contributed by atoms with Crippen molar-refractivity contribution in [1.29, 1.82) is 0 Å². The molecule has 1 aromatic rings. The van der Waals surface area contributed by atoms with Crippen molar-refractivity contribution in [3.8, 4) is 5.75 Å². The summed E-state index contributed by atoms with van der Waals surface area (Å²) >= 11 is 5.74. The lowest BCUT2D eigenvalue weighted by Gasteiger charge is -2.23. The Hall–Kier alpha value is -1.22. The molecule has 0 saturated carbocycles. The highest BCUT2D eigenvalue weighted by Gasteiger charge is 2.19. The van der Waals surface area contributed by atoms with Gasteiger partial charge in [0.25, 0.3) is 5.91 Å². The van der Waals surface area contributed by atoms with Gasteiger partial charge >= 0.3 is 0 Å². The van der Waals surface area contributed by atoms with Crippen LogP contribution in [0.2, 0.25) is 0 Å². The van der Waals surface area contributed by atoms with Crippen molar-refractivity contribution in [2.45, 2.75) is 19.4 Å². The van der Waals surface area contributed by atoms with E-state index in [2.05, 4.69) is 5.32 Å². The summed E-state index contributed by atoms with van der Waals surface area (Å²) in [5, 5.41) is 2.85. The molecule has 0 aliphatic carbocycles. The van der Waals surface area contributed by atoms with Gasteiger partial charge in [-0.15, -0.1) is 11.6 Å². The van der Waals surface area contributed by atoms with Crippen LogP contribution in [0.5, 0.6) is 5.75 Å². The number of hydrogen-bond acceptors (Lipinski definition) is 2. The van der Waals surface area contributed by atoms with Crippen LogP contribution in [0.1, 0.15) is 24.2 Å². The number of hydrogen-bond donors (Lipinski definition) is 1. The molecule has 0 aliphatic heterocycles. The molecule has 4 heteroatoms. The molecule has 0 atom stereocenters. The molecule has 16 heavy (non-hydrogen) atoms.